The van der Waals surface area contributed by atoms with Gasteiger partial charge < -0.3 is 4.74 Å². The second-order valence-corrected chi connectivity index (χ2v) is 4.95. The number of benzene rings is 1. The molecule has 0 aliphatic heterocycles. The van der Waals surface area contributed by atoms with Gasteiger partial charge in [0.25, 0.3) is 0 Å². The molecule has 0 aliphatic rings. The Morgan fingerprint density at radius 1 is 1.56 bits per heavy atom. The van der Waals surface area contributed by atoms with Gasteiger partial charge in [-0.25, -0.2) is 0 Å². The van der Waals surface area contributed by atoms with Crippen LogP contribution in [0.15, 0.2) is 48.0 Å². The molecule has 0 radical (unpaired) electrons. The lowest BCUT2D eigenvalue weighted by Gasteiger charge is -2.16. The Balaban J connectivity index is 2.76. The van der Waals surface area contributed by atoms with Gasteiger partial charge in [0.05, 0.1) is 12.7 Å². The molecule has 1 aromatic rings. The summed E-state index contributed by atoms with van der Waals surface area (Å²) in [6.45, 7) is 7.94. The molecule has 0 saturated carbocycles. The summed E-state index contributed by atoms with van der Waals surface area (Å²) in [6.07, 6.45) is 2.56. The molecule has 0 N–H and O–H groups in total. The van der Waals surface area contributed by atoms with E-state index in [9.17, 15) is 0 Å². The van der Waals surface area contributed by atoms with Gasteiger partial charge in [-0.1, -0.05) is 52.3 Å². The van der Waals surface area contributed by atoms with Crippen LogP contribution in [0.4, 0.5) is 0 Å². The Labute approximate surface area is 110 Å². The van der Waals surface area contributed by atoms with Crippen molar-refractivity contribution in [2.45, 2.75) is 12.5 Å². The van der Waals surface area contributed by atoms with Crippen molar-refractivity contribution in [1.29, 1.82) is 0 Å². The second-order valence-electron chi connectivity index (χ2n) is 3.40. The van der Waals surface area contributed by atoms with E-state index in [0.717, 1.165) is 16.5 Å². The third-order valence-corrected chi connectivity index (χ3v) is 2.51. The summed E-state index contributed by atoms with van der Waals surface area (Å²) in [7, 11) is 0. The topological polar surface area (TPSA) is 9.23 Å². The quantitative estimate of drug-likeness (QED) is 0.680. The number of hydrogen-bond acceptors (Lipinski definition) is 1. The smallest absolute Gasteiger partial charge is 0.0864 e. The highest BCUT2D eigenvalue weighted by Gasteiger charge is 2.10. The van der Waals surface area contributed by atoms with Crippen LogP contribution in [-0.2, 0) is 4.74 Å². The van der Waals surface area contributed by atoms with Crippen molar-refractivity contribution in [1.82, 2.24) is 0 Å². The van der Waals surface area contributed by atoms with E-state index in [1.165, 1.54) is 0 Å². The lowest BCUT2D eigenvalue weighted by molar-refractivity contribution is 0.0755. The minimum atomic E-state index is -0.0227. The maximum absolute atomic E-state index is 5.94. The molecule has 0 heterocycles. The van der Waals surface area contributed by atoms with Crippen LogP contribution in [0.2, 0.25) is 5.02 Å². The molecule has 16 heavy (non-hydrogen) atoms. The third kappa shape index (κ3) is 4.52. The Morgan fingerprint density at radius 2 is 2.31 bits per heavy atom. The van der Waals surface area contributed by atoms with Gasteiger partial charge in [0, 0.05) is 9.51 Å². The van der Waals surface area contributed by atoms with E-state index in [1.54, 1.807) is 0 Å². The van der Waals surface area contributed by atoms with Gasteiger partial charge in [0.15, 0.2) is 0 Å². The first-order valence-corrected chi connectivity index (χ1v) is 6.12. The number of hydrogen-bond donors (Lipinski definition) is 0. The van der Waals surface area contributed by atoms with E-state index < -0.39 is 0 Å². The van der Waals surface area contributed by atoms with Crippen LogP contribution in [0, 0.1) is 0 Å². The fourth-order valence-electron chi connectivity index (χ4n) is 1.35. The van der Waals surface area contributed by atoms with Crippen LogP contribution < -0.4 is 0 Å². The van der Waals surface area contributed by atoms with E-state index in [-0.39, 0.29) is 6.10 Å². The standard InChI is InChI=1S/C13H14BrClO/c1-3-5-13(16-9-10(2)14)11-6-4-7-12(15)8-11/h3-4,6-8,13H,1-2,5,9H2. The van der Waals surface area contributed by atoms with Crippen molar-refractivity contribution in [3.05, 3.63) is 58.6 Å². The Kier molecular flexibility index (Phi) is 5.81. The summed E-state index contributed by atoms with van der Waals surface area (Å²) in [5.74, 6) is 0. The SMILES string of the molecule is C=CCC(OCC(=C)Br)c1cccc(Cl)c1. The van der Waals surface area contributed by atoms with Crippen LogP contribution >= 0.6 is 27.5 Å². The van der Waals surface area contributed by atoms with Crippen LogP contribution in [0.1, 0.15) is 18.1 Å². The minimum absolute atomic E-state index is 0.0227. The van der Waals surface area contributed by atoms with Gasteiger partial charge in [-0.05, 0) is 24.1 Å². The average molecular weight is 302 g/mol. The van der Waals surface area contributed by atoms with E-state index in [1.807, 2.05) is 30.3 Å². The molecule has 0 saturated heterocycles. The fraction of sp³-hybridized carbons (Fsp3) is 0.231. The van der Waals surface area contributed by atoms with Crippen molar-refractivity contribution < 1.29 is 4.74 Å². The van der Waals surface area contributed by atoms with Gasteiger partial charge in [0.1, 0.15) is 0 Å². The highest BCUT2D eigenvalue weighted by molar-refractivity contribution is 9.11. The van der Waals surface area contributed by atoms with Crippen LogP contribution in [0.3, 0.4) is 0 Å². The van der Waals surface area contributed by atoms with Crippen molar-refractivity contribution in [3.8, 4) is 0 Å². The highest BCUT2D eigenvalue weighted by atomic mass is 79.9. The van der Waals surface area contributed by atoms with Crippen molar-refractivity contribution in [3.63, 3.8) is 0 Å². The van der Waals surface area contributed by atoms with Gasteiger partial charge in [-0.2, -0.15) is 0 Å². The molecule has 0 spiro atoms. The van der Waals surface area contributed by atoms with Gasteiger partial charge in [0.2, 0.25) is 0 Å². The average Bonchev–Trinajstić information content (AvgIpc) is 2.24. The zero-order valence-electron chi connectivity index (χ0n) is 8.96. The maximum Gasteiger partial charge on any atom is 0.0864 e. The molecule has 0 aliphatic carbocycles. The number of halogens is 2. The van der Waals surface area contributed by atoms with Crippen molar-refractivity contribution in [2.24, 2.45) is 0 Å². The van der Waals surface area contributed by atoms with E-state index in [2.05, 4.69) is 29.1 Å². The molecule has 0 aromatic heterocycles. The maximum atomic E-state index is 5.94. The summed E-state index contributed by atoms with van der Waals surface area (Å²) >= 11 is 9.21. The van der Waals surface area contributed by atoms with Crippen molar-refractivity contribution in [2.75, 3.05) is 6.61 Å². The molecule has 86 valence electrons. The summed E-state index contributed by atoms with van der Waals surface area (Å²) in [4.78, 5) is 0. The first-order chi connectivity index (χ1) is 7.63. The minimum Gasteiger partial charge on any atom is -0.368 e. The van der Waals surface area contributed by atoms with E-state index >= 15 is 0 Å². The summed E-state index contributed by atoms with van der Waals surface area (Å²) in [6, 6.07) is 7.67. The molecule has 0 amide bonds. The van der Waals surface area contributed by atoms with E-state index in [0.29, 0.717) is 11.6 Å². The first-order valence-electron chi connectivity index (χ1n) is 4.94. The van der Waals surface area contributed by atoms with Gasteiger partial charge in [-0.15, -0.1) is 6.58 Å². The molecular formula is C13H14BrClO. The highest BCUT2D eigenvalue weighted by Crippen LogP contribution is 2.25. The van der Waals surface area contributed by atoms with Gasteiger partial charge >= 0.3 is 0 Å². The summed E-state index contributed by atoms with van der Waals surface area (Å²) in [5.41, 5.74) is 1.06. The zero-order chi connectivity index (χ0) is 12.0. The molecule has 3 heteroatoms. The first kappa shape index (κ1) is 13.5. The summed E-state index contributed by atoms with van der Waals surface area (Å²) in [5, 5.41) is 0.716. The fourth-order valence-corrected chi connectivity index (χ4v) is 1.68. The van der Waals surface area contributed by atoms with Crippen LogP contribution in [-0.4, -0.2) is 6.61 Å². The third-order valence-electron chi connectivity index (χ3n) is 2.04. The molecule has 0 fully saturated rings. The van der Waals surface area contributed by atoms with Crippen LogP contribution in [0.5, 0.6) is 0 Å². The number of ether oxygens (including phenoxy) is 1. The zero-order valence-corrected chi connectivity index (χ0v) is 11.3. The summed E-state index contributed by atoms with van der Waals surface area (Å²) < 4.78 is 6.53. The lowest BCUT2D eigenvalue weighted by Crippen LogP contribution is -2.04. The molecule has 0 bridgehead atoms. The molecule has 1 aromatic carbocycles. The largest absolute Gasteiger partial charge is 0.368 e. The van der Waals surface area contributed by atoms with E-state index in [4.69, 9.17) is 16.3 Å². The normalized spacial score (nSPS) is 12.1. The lowest BCUT2D eigenvalue weighted by atomic mass is 10.1. The molecular weight excluding hydrogens is 287 g/mol. The Hall–Kier alpha value is -0.570. The molecule has 1 rings (SSSR count). The Bertz CT molecular complexity index is 376. The number of rotatable bonds is 6. The monoisotopic (exact) mass is 300 g/mol. The van der Waals surface area contributed by atoms with Crippen molar-refractivity contribution >= 4 is 27.5 Å². The predicted molar refractivity (Wildman–Crippen MR) is 73.0 cm³/mol. The van der Waals surface area contributed by atoms with Crippen LogP contribution in [0.25, 0.3) is 0 Å². The molecule has 1 atom stereocenters. The molecule has 1 nitrogen and oxygen atoms in total. The van der Waals surface area contributed by atoms with Gasteiger partial charge in [-0.3, -0.25) is 0 Å². The second kappa shape index (κ2) is 6.89. The Morgan fingerprint density at radius 3 is 2.88 bits per heavy atom. The predicted octanol–water partition coefficient (Wildman–Crippen LogP) is 4.88. The molecule has 1 unspecified atom stereocenters.